The molecule has 1 aliphatic carbocycles. The quantitative estimate of drug-likeness (QED) is 0.479. The number of thioether (sulfide) groups is 1. The molecule has 30 heavy (non-hydrogen) atoms. The van der Waals surface area contributed by atoms with Crippen LogP contribution in [0.3, 0.4) is 0 Å². The number of nitrogens with one attached hydrogen (secondary N) is 1. The number of para-hydroxylation sites is 2. The number of amides is 1. The summed E-state index contributed by atoms with van der Waals surface area (Å²) in [5.41, 5.74) is 0.0325. The minimum absolute atomic E-state index is 0.0403. The molecule has 0 radical (unpaired) electrons. The number of aromatic nitrogens is 2. The molecule has 6 nitrogen and oxygen atoms in total. The lowest BCUT2D eigenvalue weighted by Crippen LogP contribution is -2.45. The van der Waals surface area contributed by atoms with E-state index in [1.54, 1.807) is 42.5 Å². The Hall–Kier alpha value is -2.82. The maximum Gasteiger partial charge on any atom is 0.266 e. The van der Waals surface area contributed by atoms with Crippen molar-refractivity contribution in [2.45, 2.75) is 36.4 Å². The van der Waals surface area contributed by atoms with E-state index in [4.69, 9.17) is 11.6 Å². The molecule has 0 atom stereocenters. The van der Waals surface area contributed by atoms with Gasteiger partial charge in [0.1, 0.15) is 5.54 Å². The van der Waals surface area contributed by atoms with Crippen LogP contribution >= 0.6 is 23.4 Å². The van der Waals surface area contributed by atoms with Gasteiger partial charge in [0.25, 0.3) is 5.56 Å². The molecular weight excluding hydrogens is 420 g/mol. The van der Waals surface area contributed by atoms with Gasteiger partial charge in [0.15, 0.2) is 5.16 Å². The standard InChI is InChI=1S/C22H19ClN4O2S/c23-16-8-2-4-10-18(16)27-20(29)15-7-1-3-9-17(15)25-21(27)30-13-19(28)26-22(14-24)11-5-6-12-22/h1-4,7-10H,5-6,11-13H2,(H,26,28). The maximum absolute atomic E-state index is 13.2. The lowest BCUT2D eigenvalue weighted by atomic mass is 10.0. The topological polar surface area (TPSA) is 87.8 Å². The first-order valence-electron chi connectivity index (χ1n) is 9.65. The van der Waals surface area contributed by atoms with Crippen LogP contribution in [-0.4, -0.2) is 26.8 Å². The van der Waals surface area contributed by atoms with E-state index in [1.165, 1.54) is 4.57 Å². The van der Waals surface area contributed by atoms with Crippen molar-refractivity contribution in [3.05, 3.63) is 63.9 Å². The molecule has 0 unspecified atom stereocenters. The van der Waals surface area contributed by atoms with Gasteiger partial charge in [0.05, 0.1) is 33.4 Å². The molecule has 152 valence electrons. The highest BCUT2D eigenvalue weighted by molar-refractivity contribution is 7.99. The predicted molar refractivity (Wildman–Crippen MR) is 118 cm³/mol. The molecule has 1 heterocycles. The fourth-order valence-corrected chi connectivity index (χ4v) is 4.76. The number of halogens is 1. The van der Waals surface area contributed by atoms with E-state index in [-0.39, 0.29) is 17.2 Å². The first kappa shape index (κ1) is 20.5. The van der Waals surface area contributed by atoms with Gasteiger partial charge in [-0.1, -0.05) is 47.6 Å². The summed E-state index contributed by atoms with van der Waals surface area (Å²) in [5.74, 6) is -0.213. The Balaban J connectivity index is 1.69. The van der Waals surface area contributed by atoms with E-state index in [0.717, 1.165) is 24.6 Å². The van der Waals surface area contributed by atoms with Crippen molar-refractivity contribution in [2.75, 3.05) is 5.75 Å². The zero-order valence-electron chi connectivity index (χ0n) is 16.1. The van der Waals surface area contributed by atoms with Crippen LogP contribution in [0.25, 0.3) is 16.6 Å². The average Bonchev–Trinajstić information content (AvgIpc) is 3.22. The molecule has 0 bridgehead atoms. The number of carbonyl (C=O) groups is 1. The Morgan fingerprint density at radius 2 is 1.90 bits per heavy atom. The highest BCUT2D eigenvalue weighted by atomic mass is 35.5. The van der Waals surface area contributed by atoms with E-state index >= 15 is 0 Å². The lowest BCUT2D eigenvalue weighted by Gasteiger charge is -2.22. The number of hydrogen-bond donors (Lipinski definition) is 1. The van der Waals surface area contributed by atoms with Gasteiger partial charge >= 0.3 is 0 Å². The van der Waals surface area contributed by atoms with Crippen molar-refractivity contribution in [3.63, 3.8) is 0 Å². The number of hydrogen-bond acceptors (Lipinski definition) is 5. The molecular formula is C22H19ClN4O2S. The van der Waals surface area contributed by atoms with E-state index in [2.05, 4.69) is 16.4 Å². The Kier molecular flexibility index (Phi) is 5.80. The van der Waals surface area contributed by atoms with Crippen LogP contribution in [0.5, 0.6) is 0 Å². The highest BCUT2D eigenvalue weighted by Crippen LogP contribution is 2.30. The van der Waals surface area contributed by atoms with Crippen molar-refractivity contribution < 1.29 is 4.79 Å². The lowest BCUT2D eigenvalue weighted by molar-refractivity contribution is -0.119. The van der Waals surface area contributed by atoms with Crippen LogP contribution in [-0.2, 0) is 4.79 Å². The SMILES string of the molecule is N#CC1(NC(=O)CSc2nc3ccccc3c(=O)n2-c2ccccc2Cl)CCCC1. The van der Waals surface area contributed by atoms with Crippen LogP contribution in [0.2, 0.25) is 5.02 Å². The number of fused-ring (bicyclic) bond motifs is 1. The second kappa shape index (κ2) is 8.50. The summed E-state index contributed by atoms with van der Waals surface area (Å²) < 4.78 is 1.44. The van der Waals surface area contributed by atoms with Crippen LogP contribution in [0.1, 0.15) is 25.7 Å². The van der Waals surface area contributed by atoms with Gasteiger partial charge in [-0.3, -0.25) is 14.2 Å². The van der Waals surface area contributed by atoms with Crippen molar-refractivity contribution in [1.29, 1.82) is 5.26 Å². The fraction of sp³-hybridized carbons (Fsp3) is 0.273. The van der Waals surface area contributed by atoms with Crippen molar-refractivity contribution in [1.82, 2.24) is 14.9 Å². The summed E-state index contributed by atoms with van der Waals surface area (Å²) in [7, 11) is 0. The first-order valence-corrected chi connectivity index (χ1v) is 11.0. The summed E-state index contributed by atoms with van der Waals surface area (Å²) in [6, 6.07) is 16.4. The van der Waals surface area contributed by atoms with Crippen LogP contribution < -0.4 is 10.9 Å². The third kappa shape index (κ3) is 3.93. The summed E-state index contributed by atoms with van der Waals surface area (Å²) in [4.78, 5) is 30.4. The molecule has 3 aromatic rings. The van der Waals surface area contributed by atoms with Crippen LogP contribution in [0, 0.1) is 11.3 Å². The monoisotopic (exact) mass is 438 g/mol. The molecule has 2 aromatic carbocycles. The molecule has 0 saturated heterocycles. The van der Waals surface area contributed by atoms with Gasteiger partial charge in [0.2, 0.25) is 5.91 Å². The summed E-state index contributed by atoms with van der Waals surface area (Å²) >= 11 is 7.51. The number of rotatable bonds is 5. The highest BCUT2D eigenvalue weighted by Gasteiger charge is 2.35. The second-order valence-corrected chi connectivity index (χ2v) is 8.59. The Bertz CT molecular complexity index is 1210. The first-order chi connectivity index (χ1) is 14.5. The number of carbonyl (C=O) groups excluding carboxylic acids is 1. The fourth-order valence-electron chi connectivity index (χ4n) is 3.73. The third-order valence-corrected chi connectivity index (χ3v) is 6.48. The molecule has 1 amide bonds. The molecule has 4 rings (SSSR count). The number of nitriles is 1. The van der Waals surface area contributed by atoms with E-state index < -0.39 is 5.54 Å². The molecule has 8 heteroatoms. The van der Waals surface area contributed by atoms with E-state index in [0.29, 0.717) is 39.6 Å². The molecule has 1 fully saturated rings. The Morgan fingerprint density at radius 1 is 1.20 bits per heavy atom. The van der Waals surface area contributed by atoms with Crippen molar-refractivity contribution in [2.24, 2.45) is 0 Å². The number of nitrogens with zero attached hydrogens (tertiary/aromatic N) is 3. The Morgan fingerprint density at radius 3 is 2.63 bits per heavy atom. The van der Waals surface area contributed by atoms with Gasteiger partial charge in [-0.15, -0.1) is 0 Å². The summed E-state index contributed by atoms with van der Waals surface area (Å²) in [6.07, 6.45) is 3.19. The molecule has 0 spiro atoms. The number of benzene rings is 2. The molecule has 0 aliphatic heterocycles. The van der Waals surface area contributed by atoms with Gasteiger partial charge < -0.3 is 5.32 Å². The van der Waals surface area contributed by atoms with Gasteiger partial charge in [-0.2, -0.15) is 5.26 Å². The zero-order chi connectivity index (χ0) is 21.1. The average molecular weight is 439 g/mol. The minimum Gasteiger partial charge on any atom is -0.337 e. The normalized spacial score (nSPS) is 15.1. The summed E-state index contributed by atoms with van der Waals surface area (Å²) in [6.45, 7) is 0. The van der Waals surface area contributed by atoms with E-state index in [1.807, 2.05) is 6.07 Å². The van der Waals surface area contributed by atoms with Crippen LogP contribution in [0.4, 0.5) is 0 Å². The van der Waals surface area contributed by atoms with Crippen molar-refractivity contribution in [3.8, 4) is 11.8 Å². The van der Waals surface area contributed by atoms with E-state index in [9.17, 15) is 14.9 Å². The van der Waals surface area contributed by atoms with Crippen LogP contribution in [0.15, 0.2) is 58.5 Å². The molecule has 1 aliphatic rings. The zero-order valence-corrected chi connectivity index (χ0v) is 17.7. The molecule has 1 saturated carbocycles. The molecule has 1 aromatic heterocycles. The maximum atomic E-state index is 13.2. The summed E-state index contributed by atoms with van der Waals surface area (Å²) in [5, 5.41) is 13.6. The van der Waals surface area contributed by atoms with Gasteiger partial charge in [-0.25, -0.2) is 4.98 Å². The Labute approximate surface area is 182 Å². The van der Waals surface area contributed by atoms with Gasteiger partial charge in [0, 0.05) is 0 Å². The smallest absolute Gasteiger partial charge is 0.266 e. The second-order valence-electron chi connectivity index (χ2n) is 7.24. The molecule has 1 N–H and O–H groups in total. The third-order valence-electron chi connectivity index (χ3n) is 5.22. The largest absolute Gasteiger partial charge is 0.337 e. The minimum atomic E-state index is -0.781. The van der Waals surface area contributed by atoms with Gasteiger partial charge in [-0.05, 0) is 49.9 Å². The van der Waals surface area contributed by atoms with Crippen molar-refractivity contribution >= 4 is 40.2 Å². The predicted octanol–water partition coefficient (Wildman–Crippen LogP) is 4.08.